The van der Waals surface area contributed by atoms with E-state index < -0.39 is 0 Å². The first-order chi connectivity index (χ1) is 12.6. The number of likely N-dealkylation sites (tertiary alicyclic amines) is 1. The van der Waals surface area contributed by atoms with E-state index in [0.717, 1.165) is 37.7 Å². The summed E-state index contributed by atoms with van der Waals surface area (Å²) in [6, 6.07) is 7.34. The third-order valence-electron chi connectivity index (χ3n) is 5.07. The zero-order chi connectivity index (χ0) is 18.5. The minimum atomic E-state index is -0.216. The Kier molecular flexibility index (Phi) is 5.98. The molecule has 2 heterocycles. The molecule has 2 aliphatic heterocycles. The number of benzene rings is 1. The lowest BCUT2D eigenvalue weighted by Crippen LogP contribution is -2.49. The number of methoxy groups -OCH3 is 1. The van der Waals surface area contributed by atoms with E-state index in [4.69, 9.17) is 9.47 Å². The number of hydrogen-bond acceptors (Lipinski definition) is 5. The molecular formula is C19H27N3O4. The molecule has 0 radical (unpaired) electrons. The third-order valence-corrected chi connectivity index (χ3v) is 5.07. The zero-order valence-electron chi connectivity index (χ0n) is 15.5. The molecule has 3 rings (SSSR count). The van der Waals surface area contributed by atoms with Crippen LogP contribution in [0.4, 0.5) is 0 Å². The van der Waals surface area contributed by atoms with Gasteiger partial charge in [-0.2, -0.15) is 0 Å². The average Bonchev–Trinajstić information content (AvgIpc) is 3.03. The van der Waals surface area contributed by atoms with Crippen LogP contribution in [0.5, 0.6) is 11.5 Å². The summed E-state index contributed by atoms with van der Waals surface area (Å²) >= 11 is 0. The lowest BCUT2D eigenvalue weighted by molar-refractivity contribution is -0.137. The second-order valence-corrected chi connectivity index (χ2v) is 6.89. The summed E-state index contributed by atoms with van der Waals surface area (Å²) in [7, 11) is 3.68. The largest absolute Gasteiger partial charge is 0.497 e. The maximum absolute atomic E-state index is 12.6. The van der Waals surface area contributed by atoms with Crippen molar-refractivity contribution in [1.29, 1.82) is 0 Å². The molecule has 0 spiro atoms. The molecule has 1 aromatic rings. The van der Waals surface area contributed by atoms with Crippen molar-refractivity contribution in [3.63, 3.8) is 0 Å². The van der Waals surface area contributed by atoms with Crippen molar-refractivity contribution in [2.24, 2.45) is 5.92 Å². The highest BCUT2D eigenvalue weighted by atomic mass is 16.5. The van der Waals surface area contributed by atoms with Gasteiger partial charge in [0, 0.05) is 39.1 Å². The summed E-state index contributed by atoms with van der Waals surface area (Å²) in [5, 5.41) is 0. The third kappa shape index (κ3) is 4.46. The van der Waals surface area contributed by atoms with Crippen molar-refractivity contribution in [2.75, 3.05) is 60.0 Å². The molecule has 1 aromatic carbocycles. The van der Waals surface area contributed by atoms with Crippen molar-refractivity contribution >= 4 is 11.8 Å². The molecule has 2 aliphatic rings. The van der Waals surface area contributed by atoms with Crippen LogP contribution in [-0.4, -0.2) is 86.5 Å². The molecular weight excluding hydrogens is 334 g/mol. The minimum absolute atomic E-state index is 0.0378. The lowest BCUT2D eigenvalue weighted by atomic mass is 10.1. The first kappa shape index (κ1) is 18.5. The molecule has 0 bridgehead atoms. The van der Waals surface area contributed by atoms with Gasteiger partial charge >= 0.3 is 0 Å². The topological polar surface area (TPSA) is 62.3 Å². The average molecular weight is 361 g/mol. The van der Waals surface area contributed by atoms with Gasteiger partial charge in [-0.3, -0.25) is 9.59 Å². The van der Waals surface area contributed by atoms with Gasteiger partial charge in [-0.15, -0.1) is 0 Å². The van der Waals surface area contributed by atoms with Crippen molar-refractivity contribution in [2.45, 2.75) is 6.42 Å². The summed E-state index contributed by atoms with van der Waals surface area (Å²) in [5.74, 6) is 1.45. The number of piperazine rings is 1. The lowest BCUT2D eigenvalue weighted by Gasteiger charge is -2.33. The highest BCUT2D eigenvalue weighted by molar-refractivity contribution is 5.89. The van der Waals surface area contributed by atoms with E-state index in [9.17, 15) is 9.59 Å². The normalized spacial score (nSPS) is 21.2. The monoisotopic (exact) mass is 361 g/mol. The minimum Gasteiger partial charge on any atom is -0.497 e. The van der Waals surface area contributed by atoms with E-state index in [2.05, 4.69) is 11.9 Å². The fraction of sp³-hybridized carbons (Fsp3) is 0.579. The summed E-state index contributed by atoms with van der Waals surface area (Å²) in [4.78, 5) is 30.7. The molecule has 0 N–H and O–H groups in total. The molecule has 2 saturated heterocycles. The standard InChI is InChI=1S/C19H27N3O4/c1-20-7-9-21(10-8-20)19(24)15-13-18(23)22(14-15)11-12-26-17-5-3-16(25-2)4-6-17/h3-6,15H,7-14H2,1-2H3. The van der Waals surface area contributed by atoms with Gasteiger partial charge in [0.15, 0.2) is 0 Å². The fourth-order valence-corrected chi connectivity index (χ4v) is 3.38. The second-order valence-electron chi connectivity index (χ2n) is 6.89. The Labute approximate surface area is 154 Å². The van der Waals surface area contributed by atoms with Crippen LogP contribution in [0, 0.1) is 5.92 Å². The molecule has 0 aliphatic carbocycles. The molecule has 2 amide bonds. The maximum Gasteiger partial charge on any atom is 0.228 e. The summed E-state index contributed by atoms with van der Waals surface area (Å²) in [6.45, 7) is 4.69. The van der Waals surface area contributed by atoms with Crippen LogP contribution in [-0.2, 0) is 9.59 Å². The Balaban J connectivity index is 1.44. The van der Waals surface area contributed by atoms with E-state index >= 15 is 0 Å². The van der Waals surface area contributed by atoms with Crippen molar-refractivity contribution in [3.05, 3.63) is 24.3 Å². The number of hydrogen-bond donors (Lipinski definition) is 0. The summed E-state index contributed by atoms with van der Waals surface area (Å²) in [6.07, 6.45) is 0.313. The quantitative estimate of drug-likeness (QED) is 0.746. The van der Waals surface area contributed by atoms with Gasteiger partial charge in [-0.25, -0.2) is 0 Å². The van der Waals surface area contributed by atoms with Gasteiger partial charge in [-0.05, 0) is 31.3 Å². The van der Waals surface area contributed by atoms with Gasteiger partial charge in [0.2, 0.25) is 11.8 Å². The Hall–Kier alpha value is -2.28. The number of nitrogens with zero attached hydrogens (tertiary/aromatic N) is 3. The Morgan fingerprint density at radius 1 is 1.12 bits per heavy atom. The van der Waals surface area contributed by atoms with Crippen LogP contribution in [0.1, 0.15) is 6.42 Å². The predicted octanol–water partition coefficient (Wildman–Crippen LogP) is 0.697. The molecule has 0 saturated carbocycles. The molecule has 0 aromatic heterocycles. The Morgan fingerprint density at radius 3 is 2.42 bits per heavy atom. The predicted molar refractivity (Wildman–Crippen MR) is 97.3 cm³/mol. The van der Waals surface area contributed by atoms with Crippen molar-refractivity contribution in [3.8, 4) is 11.5 Å². The van der Waals surface area contributed by atoms with Crippen molar-refractivity contribution in [1.82, 2.24) is 14.7 Å². The second kappa shape index (κ2) is 8.40. The number of likely N-dealkylation sites (N-methyl/N-ethyl adjacent to an activating group) is 1. The van der Waals surface area contributed by atoms with E-state index in [1.54, 1.807) is 12.0 Å². The van der Waals surface area contributed by atoms with Crippen LogP contribution in [0.3, 0.4) is 0 Å². The van der Waals surface area contributed by atoms with Gasteiger partial charge in [0.05, 0.1) is 19.6 Å². The van der Waals surface area contributed by atoms with Crippen LogP contribution >= 0.6 is 0 Å². The maximum atomic E-state index is 12.6. The van der Waals surface area contributed by atoms with E-state index in [1.807, 2.05) is 29.2 Å². The zero-order valence-corrected chi connectivity index (χ0v) is 15.5. The number of carbonyl (C=O) groups is 2. The molecule has 26 heavy (non-hydrogen) atoms. The molecule has 7 nitrogen and oxygen atoms in total. The highest BCUT2D eigenvalue weighted by Gasteiger charge is 2.36. The number of carbonyl (C=O) groups excluding carboxylic acids is 2. The number of amides is 2. The first-order valence-electron chi connectivity index (χ1n) is 9.09. The molecule has 2 fully saturated rings. The van der Waals surface area contributed by atoms with Gasteiger partial charge < -0.3 is 24.2 Å². The Morgan fingerprint density at radius 2 is 1.77 bits per heavy atom. The van der Waals surface area contributed by atoms with Crippen LogP contribution < -0.4 is 9.47 Å². The van der Waals surface area contributed by atoms with E-state index in [0.29, 0.717) is 26.1 Å². The SMILES string of the molecule is COc1ccc(OCCN2CC(C(=O)N3CCN(C)CC3)CC2=O)cc1. The van der Waals surface area contributed by atoms with Crippen molar-refractivity contribution < 1.29 is 19.1 Å². The molecule has 142 valence electrons. The van der Waals surface area contributed by atoms with Gasteiger partial charge in [0.1, 0.15) is 18.1 Å². The molecule has 1 unspecified atom stereocenters. The molecule has 7 heteroatoms. The Bertz CT molecular complexity index is 626. The van der Waals surface area contributed by atoms with Crippen LogP contribution in [0.15, 0.2) is 24.3 Å². The fourth-order valence-electron chi connectivity index (χ4n) is 3.38. The summed E-state index contributed by atoms with van der Waals surface area (Å²) < 4.78 is 10.8. The highest BCUT2D eigenvalue weighted by Crippen LogP contribution is 2.21. The first-order valence-corrected chi connectivity index (χ1v) is 9.09. The van der Waals surface area contributed by atoms with Crippen LogP contribution in [0.2, 0.25) is 0 Å². The summed E-state index contributed by atoms with van der Waals surface area (Å²) in [5.41, 5.74) is 0. The van der Waals surface area contributed by atoms with Crippen LogP contribution in [0.25, 0.3) is 0 Å². The number of rotatable bonds is 6. The van der Waals surface area contributed by atoms with Gasteiger partial charge in [-0.1, -0.05) is 0 Å². The van der Waals surface area contributed by atoms with E-state index in [-0.39, 0.29) is 17.7 Å². The molecule has 1 atom stereocenters. The van der Waals surface area contributed by atoms with E-state index in [1.165, 1.54) is 0 Å². The van der Waals surface area contributed by atoms with Gasteiger partial charge in [0.25, 0.3) is 0 Å². The number of ether oxygens (including phenoxy) is 2. The smallest absolute Gasteiger partial charge is 0.228 e.